The molecule has 4 nitrogen and oxygen atoms in total. The average molecular weight is 289 g/mol. The van der Waals surface area contributed by atoms with Crippen molar-refractivity contribution in [2.24, 2.45) is 0 Å². The largest absolute Gasteiger partial charge is 0.486 e. The molecule has 2 heterocycles. The maximum atomic E-state index is 12.2. The lowest BCUT2D eigenvalue weighted by atomic mass is 10.1. The smallest absolute Gasteiger partial charge is 0.254 e. The third-order valence-electron chi connectivity index (χ3n) is 3.14. The number of amides is 1. The number of ether oxygens (including phenoxy) is 2. The highest BCUT2D eigenvalue weighted by Crippen LogP contribution is 2.31. The zero-order valence-electron chi connectivity index (χ0n) is 11.2. The van der Waals surface area contributed by atoms with Gasteiger partial charge >= 0.3 is 0 Å². The summed E-state index contributed by atoms with van der Waals surface area (Å²) in [5.74, 6) is 1.55. The van der Waals surface area contributed by atoms with Gasteiger partial charge in [-0.3, -0.25) is 4.79 Å². The Labute approximate surface area is 121 Å². The van der Waals surface area contributed by atoms with E-state index in [9.17, 15) is 4.79 Å². The molecular weight excluding hydrogens is 274 g/mol. The standard InChI is InChI=1S/C15H15NO3S/c1-16(15(17)12-4-7-20-10-12)9-11-2-3-13-14(8-11)19-6-5-18-13/h2-4,7-8,10H,5-6,9H2,1H3. The Morgan fingerprint density at radius 3 is 2.80 bits per heavy atom. The Hall–Kier alpha value is -2.01. The van der Waals surface area contributed by atoms with Crippen LogP contribution in [0.4, 0.5) is 0 Å². The maximum Gasteiger partial charge on any atom is 0.254 e. The Morgan fingerprint density at radius 2 is 2.05 bits per heavy atom. The maximum absolute atomic E-state index is 12.2. The van der Waals surface area contributed by atoms with E-state index < -0.39 is 0 Å². The first-order chi connectivity index (χ1) is 9.74. The van der Waals surface area contributed by atoms with Gasteiger partial charge in [-0.2, -0.15) is 11.3 Å². The van der Waals surface area contributed by atoms with E-state index in [1.165, 1.54) is 11.3 Å². The molecule has 5 heteroatoms. The van der Waals surface area contributed by atoms with Gasteiger partial charge in [0.2, 0.25) is 0 Å². The molecule has 0 unspecified atom stereocenters. The van der Waals surface area contributed by atoms with Gasteiger partial charge in [-0.15, -0.1) is 0 Å². The lowest BCUT2D eigenvalue weighted by molar-refractivity contribution is 0.0785. The topological polar surface area (TPSA) is 38.8 Å². The van der Waals surface area contributed by atoms with E-state index in [-0.39, 0.29) is 5.91 Å². The fraction of sp³-hybridized carbons (Fsp3) is 0.267. The predicted molar refractivity (Wildman–Crippen MR) is 77.5 cm³/mol. The highest BCUT2D eigenvalue weighted by Gasteiger charge is 2.15. The Bertz CT molecular complexity index is 610. The summed E-state index contributed by atoms with van der Waals surface area (Å²) in [7, 11) is 1.80. The van der Waals surface area contributed by atoms with Crippen LogP contribution in [0.25, 0.3) is 0 Å². The van der Waals surface area contributed by atoms with Crippen molar-refractivity contribution in [3.63, 3.8) is 0 Å². The molecule has 0 atom stereocenters. The SMILES string of the molecule is CN(Cc1ccc2c(c1)OCCO2)C(=O)c1ccsc1. The van der Waals surface area contributed by atoms with Crippen LogP contribution in [0.2, 0.25) is 0 Å². The van der Waals surface area contributed by atoms with Crippen molar-refractivity contribution in [1.29, 1.82) is 0 Å². The number of fused-ring (bicyclic) bond motifs is 1. The lowest BCUT2D eigenvalue weighted by Crippen LogP contribution is -2.25. The first-order valence-electron chi connectivity index (χ1n) is 6.40. The van der Waals surface area contributed by atoms with Gasteiger partial charge < -0.3 is 14.4 Å². The highest BCUT2D eigenvalue weighted by atomic mass is 32.1. The Morgan fingerprint density at radius 1 is 1.25 bits per heavy atom. The highest BCUT2D eigenvalue weighted by molar-refractivity contribution is 7.08. The summed E-state index contributed by atoms with van der Waals surface area (Å²) in [5.41, 5.74) is 1.76. The fourth-order valence-corrected chi connectivity index (χ4v) is 2.77. The number of nitrogens with zero attached hydrogens (tertiary/aromatic N) is 1. The molecule has 0 N–H and O–H groups in total. The zero-order chi connectivity index (χ0) is 13.9. The first kappa shape index (κ1) is 13.0. The van der Waals surface area contributed by atoms with Gasteiger partial charge in [0.25, 0.3) is 5.91 Å². The molecule has 1 aromatic carbocycles. The summed E-state index contributed by atoms with van der Waals surface area (Å²) >= 11 is 1.53. The summed E-state index contributed by atoms with van der Waals surface area (Å²) in [6, 6.07) is 7.64. The fourth-order valence-electron chi connectivity index (χ4n) is 2.14. The molecule has 2 aromatic rings. The number of hydrogen-bond acceptors (Lipinski definition) is 4. The van der Waals surface area contributed by atoms with Crippen LogP contribution in [0.5, 0.6) is 11.5 Å². The summed E-state index contributed by atoms with van der Waals surface area (Å²) < 4.78 is 11.0. The molecule has 0 radical (unpaired) electrons. The van der Waals surface area contributed by atoms with Gasteiger partial charge in [0.15, 0.2) is 11.5 Å². The van der Waals surface area contributed by atoms with E-state index in [4.69, 9.17) is 9.47 Å². The van der Waals surface area contributed by atoms with Crippen molar-refractivity contribution in [3.8, 4) is 11.5 Å². The lowest BCUT2D eigenvalue weighted by Gasteiger charge is -2.21. The summed E-state index contributed by atoms with van der Waals surface area (Å²) in [5, 5.41) is 3.77. The molecule has 3 rings (SSSR count). The van der Waals surface area contributed by atoms with Gasteiger partial charge in [0.1, 0.15) is 13.2 Å². The molecule has 0 fully saturated rings. The molecule has 0 saturated heterocycles. The number of carbonyl (C=O) groups is 1. The van der Waals surface area contributed by atoms with Crippen molar-refractivity contribution in [1.82, 2.24) is 4.90 Å². The van der Waals surface area contributed by atoms with Crippen LogP contribution in [0.1, 0.15) is 15.9 Å². The average Bonchev–Trinajstić information content (AvgIpc) is 3.00. The molecule has 1 amide bonds. The monoisotopic (exact) mass is 289 g/mol. The predicted octanol–water partition coefficient (Wildman–Crippen LogP) is 2.79. The summed E-state index contributed by atoms with van der Waals surface area (Å²) in [4.78, 5) is 13.9. The second kappa shape index (κ2) is 5.54. The van der Waals surface area contributed by atoms with Crippen LogP contribution in [0.15, 0.2) is 35.0 Å². The minimum Gasteiger partial charge on any atom is -0.486 e. The van der Waals surface area contributed by atoms with Gasteiger partial charge in [-0.1, -0.05) is 6.07 Å². The van der Waals surface area contributed by atoms with Crippen molar-refractivity contribution >= 4 is 17.2 Å². The minimum atomic E-state index is 0.0288. The van der Waals surface area contributed by atoms with Crippen LogP contribution in [0.3, 0.4) is 0 Å². The second-order valence-electron chi connectivity index (χ2n) is 4.65. The van der Waals surface area contributed by atoms with Crippen molar-refractivity contribution in [3.05, 3.63) is 46.2 Å². The second-order valence-corrected chi connectivity index (χ2v) is 5.43. The number of thiophene rings is 1. The van der Waals surface area contributed by atoms with E-state index in [1.54, 1.807) is 11.9 Å². The summed E-state index contributed by atoms with van der Waals surface area (Å²) in [6.07, 6.45) is 0. The molecular formula is C15H15NO3S. The van der Waals surface area contributed by atoms with E-state index in [0.717, 1.165) is 22.6 Å². The molecule has 0 saturated carbocycles. The van der Waals surface area contributed by atoms with Crippen LogP contribution < -0.4 is 9.47 Å². The first-order valence-corrected chi connectivity index (χ1v) is 7.34. The Balaban J connectivity index is 1.72. The molecule has 1 aliphatic heterocycles. The summed E-state index contributed by atoms with van der Waals surface area (Å²) in [6.45, 7) is 1.70. The molecule has 1 aromatic heterocycles. The number of carbonyl (C=O) groups excluding carboxylic acids is 1. The van der Waals surface area contributed by atoms with E-state index in [2.05, 4.69) is 0 Å². The van der Waals surface area contributed by atoms with Crippen molar-refractivity contribution in [2.75, 3.05) is 20.3 Å². The minimum absolute atomic E-state index is 0.0288. The van der Waals surface area contributed by atoms with Gasteiger partial charge in [-0.25, -0.2) is 0 Å². The van der Waals surface area contributed by atoms with Gasteiger partial charge in [-0.05, 0) is 29.1 Å². The Kier molecular flexibility index (Phi) is 3.60. The van der Waals surface area contributed by atoms with Crippen molar-refractivity contribution in [2.45, 2.75) is 6.54 Å². The van der Waals surface area contributed by atoms with Crippen LogP contribution in [-0.2, 0) is 6.54 Å². The van der Waals surface area contributed by atoms with Crippen LogP contribution in [0, 0.1) is 0 Å². The van der Waals surface area contributed by atoms with Crippen LogP contribution >= 0.6 is 11.3 Å². The normalized spacial score (nSPS) is 13.1. The molecule has 1 aliphatic rings. The number of hydrogen-bond donors (Lipinski definition) is 0. The molecule has 0 spiro atoms. The third-order valence-corrected chi connectivity index (χ3v) is 3.82. The molecule has 104 valence electrons. The van der Waals surface area contributed by atoms with Gasteiger partial charge in [0.05, 0.1) is 5.56 Å². The van der Waals surface area contributed by atoms with Crippen molar-refractivity contribution < 1.29 is 14.3 Å². The zero-order valence-corrected chi connectivity index (χ0v) is 12.0. The number of benzene rings is 1. The van der Waals surface area contributed by atoms with Crippen LogP contribution in [-0.4, -0.2) is 31.1 Å². The molecule has 20 heavy (non-hydrogen) atoms. The number of rotatable bonds is 3. The van der Waals surface area contributed by atoms with E-state index in [1.807, 2.05) is 35.0 Å². The molecule has 0 bridgehead atoms. The molecule has 0 aliphatic carbocycles. The van der Waals surface area contributed by atoms with E-state index in [0.29, 0.717) is 19.8 Å². The third kappa shape index (κ3) is 2.63. The van der Waals surface area contributed by atoms with E-state index >= 15 is 0 Å². The quantitative estimate of drug-likeness (QED) is 0.872. The van der Waals surface area contributed by atoms with Gasteiger partial charge in [0, 0.05) is 19.0 Å².